The molecule has 0 unspecified atom stereocenters. The van der Waals surface area contributed by atoms with Crippen LogP contribution in [-0.4, -0.2) is 11.6 Å². The molecule has 1 saturated carbocycles. The lowest BCUT2D eigenvalue weighted by Crippen LogP contribution is -2.21. The molecule has 3 nitrogen and oxygen atoms in total. The van der Waals surface area contributed by atoms with E-state index in [0.717, 1.165) is 43.4 Å². The number of hydrazone groups is 1. The summed E-state index contributed by atoms with van der Waals surface area (Å²) in [5, 5.41) is 4.31. The molecule has 0 saturated heterocycles. The molecule has 1 amide bonds. The van der Waals surface area contributed by atoms with Crippen LogP contribution < -0.4 is 5.43 Å². The van der Waals surface area contributed by atoms with Crippen molar-refractivity contribution in [1.29, 1.82) is 0 Å². The largest absolute Gasteiger partial charge is 0.273 e. The molecular weight excluding hydrogens is 224 g/mol. The number of hydrogen-bond donors (Lipinski definition) is 1. The molecule has 0 radical (unpaired) electrons. The van der Waals surface area contributed by atoms with Crippen molar-refractivity contribution in [1.82, 2.24) is 5.43 Å². The van der Waals surface area contributed by atoms with Crippen molar-refractivity contribution < 1.29 is 4.79 Å². The van der Waals surface area contributed by atoms with Crippen molar-refractivity contribution in [3.8, 4) is 0 Å². The maximum Gasteiger partial charge on any atom is 0.243 e. The van der Waals surface area contributed by atoms with Crippen molar-refractivity contribution in [2.75, 3.05) is 0 Å². The lowest BCUT2D eigenvalue weighted by molar-refractivity contribution is -0.122. The first-order valence-corrected chi connectivity index (χ1v) is 6.73. The molecule has 0 aromatic heterocycles. The fourth-order valence-corrected chi connectivity index (χ4v) is 1.80. The standard InChI is InChI=1S/C15H20N2O/c1-2-3-9-14(12-7-5-4-6-8-12)16-17-15(18)13-10-11-13/h4-8,13H,2-3,9-11H2,1H3,(H,17,18)/b16-14-. The quantitative estimate of drug-likeness (QED) is 0.606. The molecule has 0 aliphatic heterocycles. The number of nitrogens with zero attached hydrogens (tertiary/aromatic N) is 1. The van der Waals surface area contributed by atoms with Crippen LogP contribution in [0.4, 0.5) is 0 Å². The molecule has 1 fully saturated rings. The second-order valence-electron chi connectivity index (χ2n) is 4.78. The Morgan fingerprint density at radius 3 is 2.67 bits per heavy atom. The second-order valence-corrected chi connectivity index (χ2v) is 4.78. The minimum absolute atomic E-state index is 0.0694. The number of rotatable bonds is 6. The fraction of sp³-hybridized carbons (Fsp3) is 0.467. The molecular formula is C15H20N2O. The lowest BCUT2D eigenvalue weighted by atomic mass is 10.1. The van der Waals surface area contributed by atoms with Crippen LogP contribution in [0.1, 0.15) is 44.6 Å². The molecule has 0 heterocycles. The summed E-state index contributed by atoms with van der Waals surface area (Å²) in [5.74, 6) is 0.275. The summed E-state index contributed by atoms with van der Waals surface area (Å²) in [6.07, 6.45) is 5.15. The molecule has 0 atom stereocenters. The predicted molar refractivity (Wildman–Crippen MR) is 73.4 cm³/mol. The van der Waals surface area contributed by atoms with Crippen LogP contribution in [0.15, 0.2) is 35.4 Å². The van der Waals surface area contributed by atoms with Crippen LogP contribution in [0.2, 0.25) is 0 Å². The van der Waals surface area contributed by atoms with E-state index < -0.39 is 0 Å². The first kappa shape index (κ1) is 12.8. The van der Waals surface area contributed by atoms with Crippen molar-refractivity contribution in [2.24, 2.45) is 11.0 Å². The zero-order valence-corrected chi connectivity index (χ0v) is 10.9. The van der Waals surface area contributed by atoms with E-state index in [-0.39, 0.29) is 11.8 Å². The van der Waals surface area contributed by atoms with E-state index >= 15 is 0 Å². The zero-order valence-electron chi connectivity index (χ0n) is 10.9. The van der Waals surface area contributed by atoms with Crippen LogP contribution in [0.25, 0.3) is 0 Å². The Morgan fingerprint density at radius 2 is 2.06 bits per heavy atom. The molecule has 1 aromatic carbocycles. The number of carbonyl (C=O) groups excluding carboxylic acids is 1. The van der Waals surface area contributed by atoms with Gasteiger partial charge in [0.25, 0.3) is 0 Å². The van der Waals surface area contributed by atoms with Crippen LogP contribution in [0, 0.1) is 5.92 Å². The summed E-state index contributed by atoms with van der Waals surface area (Å²) in [5.41, 5.74) is 4.78. The Morgan fingerprint density at radius 1 is 1.33 bits per heavy atom. The molecule has 2 rings (SSSR count). The van der Waals surface area contributed by atoms with Gasteiger partial charge in [0.2, 0.25) is 5.91 Å². The van der Waals surface area contributed by atoms with Gasteiger partial charge in [-0.15, -0.1) is 0 Å². The molecule has 0 bridgehead atoms. The molecule has 0 spiro atoms. The maximum absolute atomic E-state index is 11.6. The average molecular weight is 244 g/mol. The first-order chi connectivity index (χ1) is 8.81. The van der Waals surface area contributed by atoms with Gasteiger partial charge < -0.3 is 0 Å². The van der Waals surface area contributed by atoms with Gasteiger partial charge in [-0.05, 0) is 31.2 Å². The molecule has 1 N–H and O–H groups in total. The van der Waals surface area contributed by atoms with Crippen LogP contribution >= 0.6 is 0 Å². The molecule has 96 valence electrons. The third-order valence-corrected chi connectivity index (χ3v) is 3.12. The summed E-state index contributed by atoms with van der Waals surface area (Å²) < 4.78 is 0. The van der Waals surface area contributed by atoms with Gasteiger partial charge in [-0.1, -0.05) is 43.7 Å². The van der Waals surface area contributed by atoms with Crippen molar-refractivity contribution in [2.45, 2.75) is 39.0 Å². The van der Waals surface area contributed by atoms with Gasteiger partial charge in [-0.3, -0.25) is 4.79 Å². The normalized spacial score (nSPS) is 15.5. The van der Waals surface area contributed by atoms with Crippen LogP contribution in [0.5, 0.6) is 0 Å². The van der Waals surface area contributed by atoms with Gasteiger partial charge in [-0.2, -0.15) is 5.10 Å². The molecule has 1 aliphatic rings. The SMILES string of the molecule is CCCC/C(=N/NC(=O)C1CC1)c1ccccc1. The highest BCUT2D eigenvalue weighted by Crippen LogP contribution is 2.28. The number of nitrogens with one attached hydrogen (secondary N) is 1. The number of unbranched alkanes of at least 4 members (excludes halogenated alkanes) is 1. The topological polar surface area (TPSA) is 41.5 Å². The highest BCUT2D eigenvalue weighted by Gasteiger charge is 2.29. The van der Waals surface area contributed by atoms with E-state index in [9.17, 15) is 4.79 Å². The summed E-state index contributed by atoms with van der Waals surface area (Å²) in [6.45, 7) is 2.16. The third-order valence-electron chi connectivity index (χ3n) is 3.12. The van der Waals surface area contributed by atoms with Crippen molar-refractivity contribution in [3.63, 3.8) is 0 Å². The summed E-state index contributed by atoms with van der Waals surface area (Å²) >= 11 is 0. The van der Waals surface area contributed by atoms with Gasteiger partial charge in [-0.25, -0.2) is 5.43 Å². The Labute approximate surface area is 108 Å². The van der Waals surface area contributed by atoms with Gasteiger partial charge in [0.15, 0.2) is 0 Å². The van der Waals surface area contributed by atoms with E-state index in [1.165, 1.54) is 0 Å². The van der Waals surface area contributed by atoms with Crippen molar-refractivity contribution >= 4 is 11.6 Å². The summed E-state index contributed by atoms with van der Waals surface area (Å²) in [6, 6.07) is 10.1. The van der Waals surface area contributed by atoms with Gasteiger partial charge in [0.05, 0.1) is 5.71 Å². The Kier molecular flexibility index (Phi) is 4.51. The second kappa shape index (κ2) is 6.34. The fourth-order valence-electron chi connectivity index (χ4n) is 1.80. The summed E-state index contributed by atoms with van der Waals surface area (Å²) in [4.78, 5) is 11.6. The number of carbonyl (C=O) groups is 1. The lowest BCUT2D eigenvalue weighted by Gasteiger charge is -2.06. The molecule has 1 aromatic rings. The van der Waals surface area contributed by atoms with Crippen LogP contribution in [0.3, 0.4) is 0 Å². The smallest absolute Gasteiger partial charge is 0.243 e. The van der Waals surface area contributed by atoms with Gasteiger partial charge in [0, 0.05) is 5.92 Å². The van der Waals surface area contributed by atoms with E-state index in [2.05, 4.69) is 17.5 Å². The van der Waals surface area contributed by atoms with E-state index in [0.29, 0.717) is 0 Å². The van der Waals surface area contributed by atoms with Crippen molar-refractivity contribution in [3.05, 3.63) is 35.9 Å². The third kappa shape index (κ3) is 3.69. The minimum atomic E-state index is 0.0694. The Hall–Kier alpha value is -1.64. The molecule has 3 heteroatoms. The Balaban J connectivity index is 2.03. The highest BCUT2D eigenvalue weighted by atomic mass is 16.2. The number of benzene rings is 1. The van der Waals surface area contributed by atoms with Gasteiger partial charge in [0.1, 0.15) is 0 Å². The van der Waals surface area contributed by atoms with E-state index in [1.807, 2.05) is 30.3 Å². The van der Waals surface area contributed by atoms with Gasteiger partial charge >= 0.3 is 0 Å². The summed E-state index contributed by atoms with van der Waals surface area (Å²) in [7, 11) is 0. The predicted octanol–water partition coefficient (Wildman–Crippen LogP) is 3.11. The monoisotopic (exact) mass is 244 g/mol. The zero-order chi connectivity index (χ0) is 12.8. The molecule has 18 heavy (non-hydrogen) atoms. The average Bonchev–Trinajstić information content (AvgIpc) is 3.24. The highest BCUT2D eigenvalue weighted by molar-refractivity contribution is 6.01. The number of hydrogen-bond acceptors (Lipinski definition) is 2. The van der Waals surface area contributed by atoms with Crippen LogP contribution in [-0.2, 0) is 4.79 Å². The number of amides is 1. The first-order valence-electron chi connectivity index (χ1n) is 6.73. The van der Waals surface area contributed by atoms with E-state index in [1.54, 1.807) is 0 Å². The maximum atomic E-state index is 11.6. The minimum Gasteiger partial charge on any atom is -0.273 e. The van der Waals surface area contributed by atoms with E-state index in [4.69, 9.17) is 0 Å². The molecule has 1 aliphatic carbocycles. The Bertz CT molecular complexity index is 421.